The van der Waals surface area contributed by atoms with Crippen LogP contribution >= 0.6 is 0 Å². The van der Waals surface area contributed by atoms with Gasteiger partial charge in [0, 0.05) is 5.69 Å². The number of aliphatic hydroxyl groups excluding tert-OH is 1. The highest BCUT2D eigenvalue weighted by Crippen LogP contribution is 2.17. The lowest BCUT2D eigenvalue weighted by Gasteiger charge is -2.17. The van der Waals surface area contributed by atoms with Gasteiger partial charge >= 0.3 is 0 Å². The predicted molar refractivity (Wildman–Crippen MR) is 79.3 cm³/mol. The molecule has 0 fully saturated rings. The molecule has 0 unspecified atom stereocenters. The second-order valence-corrected chi connectivity index (χ2v) is 4.71. The minimum absolute atomic E-state index is 0.165. The summed E-state index contributed by atoms with van der Waals surface area (Å²) in [4.78, 5) is 12.3. The molecule has 0 saturated heterocycles. The molecular weight excluding hydrogens is 252 g/mol. The highest BCUT2D eigenvalue weighted by molar-refractivity contribution is 5.99. The summed E-state index contributed by atoms with van der Waals surface area (Å²) < 4.78 is 0. The Morgan fingerprint density at radius 1 is 1.25 bits per heavy atom. The molecule has 20 heavy (non-hydrogen) atoms. The molecule has 1 amide bonds. The van der Waals surface area contributed by atoms with Crippen molar-refractivity contribution in [1.82, 2.24) is 5.32 Å². The summed E-state index contributed by atoms with van der Waals surface area (Å²) in [7, 11) is 0. The zero-order valence-corrected chi connectivity index (χ0v) is 11.3. The van der Waals surface area contributed by atoms with Gasteiger partial charge in [-0.1, -0.05) is 42.0 Å². The van der Waals surface area contributed by atoms with Crippen molar-refractivity contribution >= 4 is 11.6 Å². The van der Waals surface area contributed by atoms with Gasteiger partial charge in [-0.3, -0.25) is 4.79 Å². The molecule has 4 N–H and O–H groups in total. The second kappa shape index (κ2) is 6.21. The quantitative estimate of drug-likeness (QED) is 0.744. The molecule has 0 heterocycles. The fourth-order valence-electron chi connectivity index (χ4n) is 2.02. The largest absolute Gasteiger partial charge is 0.398 e. The van der Waals surface area contributed by atoms with E-state index in [0.29, 0.717) is 11.3 Å². The third kappa shape index (κ3) is 3.16. The molecule has 2 aromatic rings. The van der Waals surface area contributed by atoms with Crippen LogP contribution in [0.1, 0.15) is 27.5 Å². The van der Waals surface area contributed by atoms with Crippen LogP contribution in [0, 0.1) is 6.92 Å². The number of nitrogens with two attached hydrogens (primary N) is 1. The topological polar surface area (TPSA) is 75.4 Å². The van der Waals surface area contributed by atoms with E-state index in [2.05, 4.69) is 5.32 Å². The van der Waals surface area contributed by atoms with Gasteiger partial charge in [0.05, 0.1) is 18.2 Å². The van der Waals surface area contributed by atoms with E-state index in [9.17, 15) is 9.90 Å². The average molecular weight is 270 g/mol. The minimum Gasteiger partial charge on any atom is -0.398 e. The summed E-state index contributed by atoms with van der Waals surface area (Å²) in [6.07, 6.45) is 0. The third-order valence-electron chi connectivity index (χ3n) is 3.14. The molecule has 0 radical (unpaired) electrons. The molecule has 2 aromatic carbocycles. The van der Waals surface area contributed by atoms with Crippen LogP contribution in [-0.4, -0.2) is 17.6 Å². The van der Waals surface area contributed by atoms with Crippen LogP contribution in [-0.2, 0) is 0 Å². The molecule has 2 rings (SSSR count). The Labute approximate surface area is 118 Å². The Bertz CT molecular complexity index is 597. The number of anilines is 1. The molecular formula is C16H18N2O2. The second-order valence-electron chi connectivity index (χ2n) is 4.71. The standard InChI is InChI=1S/C16H18N2O2/c1-11-7-8-14(17)13(9-11)16(20)18-15(10-19)12-5-3-2-4-6-12/h2-9,15,19H,10,17H2,1H3,(H,18,20)/t15-/m1/s1. The van der Waals surface area contributed by atoms with Crippen molar-refractivity contribution < 1.29 is 9.90 Å². The lowest BCUT2D eigenvalue weighted by Crippen LogP contribution is -2.31. The monoisotopic (exact) mass is 270 g/mol. The number of benzene rings is 2. The van der Waals surface area contributed by atoms with E-state index in [1.165, 1.54) is 0 Å². The number of aliphatic hydroxyl groups is 1. The number of nitrogens with one attached hydrogen (secondary N) is 1. The van der Waals surface area contributed by atoms with Crippen LogP contribution in [0.25, 0.3) is 0 Å². The van der Waals surface area contributed by atoms with Crippen molar-refractivity contribution in [3.63, 3.8) is 0 Å². The van der Waals surface area contributed by atoms with Gasteiger partial charge in [0.2, 0.25) is 0 Å². The van der Waals surface area contributed by atoms with Crippen molar-refractivity contribution in [2.24, 2.45) is 0 Å². The number of amides is 1. The van der Waals surface area contributed by atoms with Gasteiger partial charge in [-0.15, -0.1) is 0 Å². The SMILES string of the molecule is Cc1ccc(N)c(C(=O)N[C@H](CO)c2ccccc2)c1. The van der Waals surface area contributed by atoms with Crippen molar-refractivity contribution in [3.05, 3.63) is 65.2 Å². The predicted octanol–water partition coefficient (Wildman–Crippen LogP) is 2.04. The molecule has 4 heteroatoms. The van der Waals surface area contributed by atoms with Crippen molar-refractivity contribution in [1.29, 1.82) is 0 Å². The number of nitrogen functional groups attached to an aromatic ring is 1. The van der Waals surface area contributed by atoms with E-state index in [-0.39, 0.29) is 12.5 Å². The number of carbonyl (C=O) groups is 1. The zero-order chi connectivity index (χ0) is 14.5. The summed E-state index contributed by atoms with van der Waals surface area (Å²) in [6.45, 7) is 1.73. The van der Waals surface area contributed by atoms with E-state index in [0.717, 1.165) is 11.1 Å². The number of hydrogen-bond donors (Lipinski definition) is 3. The molecule has 0 aliphatic rings. The lowest BCUT2D eigenvalue weighted by molar-refractivity contribution is 0.0917. The Kier molecular flexibility index (Phi) is 4.38. The number of carbonyl (C=O) groups excluding carboxylic acids is 1. The minimum atomic E-state index is -0.441. The number of rotatable bonds is 4. The first-order chi connectivity index (χ1) is 9.61. The maximum Gasteiger partial charge on any atom is 0.253 e. The van der Waals surface area contributed by atoms with Gasteiger partial charge in [0.1, 0.15) is 0 Å². The number of aryl methyl sites for hydroxylation is 1. The van der Waals surface area contributed by atoms with E-state index in [4.69, 9.17) is 5.73 Å². The molecule has 0 bridgehead atoms. The van der Waals surface area contributed by atoms with Crippen LogP contribution in [0.2, 0.25) is 0 Å². The maximum atomic E-state index is 12.3. The van der Waals surface area contributed by atoms with Gasteiger partial charge < -0.3 is 16.2 Å². The van der Waals surface area contributed by atoms with Gasteiger partial charge in [0.15, 0.2) is 0 Å². The van der Waals surface area contributed by atoms with Crippen LogP contribution < -0.4 is 11.1 Å². The van der Waals surface area contributed by atoms with E-state index in [1.807, 2.05) is 43.3 Å². The van der Waals surface area contributed by atoms with Gasteiger partial charge in [-0.05, 0) is 24.6 Å². The highest BCUT2D eigenvalue weighted by Gasteiger charge is 2.16. The first-order valence-corrected chi connectivity index (χ1v) is 6.44. The van der Waals surface area contributed by atoms with Crippen molar-refractivity contribution in [2.75, 3.05) is 12.3 Å². The van der Waals surface area contributed by atoms with Crippen LogP contribution in [0.5, 0.6) is 0 Å². The highest BCUT2D eigenvalue weighted by atomic mass is 16.3. The first kappa shape index (κ1) is 14.1. The Hall–Kier alpha value is -2.33. The van der Waals surface area contributed by atoms with E-state index in [1.54, 1.807) is 12.1 Å². The number of hydrogen-bond acceptors (Lipinski definition) is 3. The molecule has 0 aromatic heterocycles. The van der Waals surface area contributed by atoms with Crippen LogP contribution in [0.4, 0.5) is 5.69 Å². The average Bonchev–Trinajstić information content (AvgIpc) is 2.48. The molecule has 0 saturated carbocycles. The Morgan fingerprint density at radius 3 is 2.60 bits per heavy atom. The Morgan fingerprint density at radius 2 is 1.95 bits per heavy atom. The van der Waals surface area contributed by atoms with Gasteiger partial charge in [-0.2, -0.15) is 0 Å². The Balaban J connectivity index is 2.20. The van der Waals surface area contributed by atoms with Crippen LogP contribution in [0.15, 0.2) is 48.5 Å². The maximum absolute atomic E-state index is 12.3. The molecule has 1 atom stereocenters. The van der Waals surface area contributed by atoms with Crippen molar-refractivity contribution in [3.8, 4) is 0 Å². The molecule has 104 valence electrons. The lowest BCUT2D eigenvalue weighted by atomic mass is 10.1. The van der Waals surface area contributed by atoms with Crippen LogP contribution in [0.3, 0.4) is 0 Å². The van der Waals surface area contributed by atoms with Gasteiger partial charge in [-0.25, -0.2) is 0 Å². The van der Waals surface area contributed by atoms with Gasteiger partial charge in [0.25, 0.3) is 5.91 Å². The molecule has 0 aliphatic carbocycles. The van der Waals surface area contributed by atoms with E-state index < -0.39 is 6.04 Å². The smallest absolute Gasteiger partial charge is 0.253 e. The van der Waals surface area contributed by atoms with E-state index >= 15 is 0 Å². The summed E-state index contributed by atoms with van der Waals surface area (Å²) in [6, 6.07) is 14.2. The summed E-state index contributed by atoms with van der Waals surface area (Å²) in [5, 5.41) is 12.3. The first-order valence-electron chi connectivity index (χ1n) is 6.44. The molecule has 0 aliphatic heterocycles. The molecule has 4 nitrogen and oxygen atoms in total. The summed E-state index contributed by atoms with van der Waals surface area (Å²) in [5.74, 6) is -0.283. The molecule has 0 spiro atoms. The summed E-state index contributed by atoms with van der Waals surface area (Å²) in [5.41, 5.74) is 8.50. The van der Waals surface area contributed by atoms with Crippen molar-refractivity contribution in [2.45, 2.75) is 13.0 Å². The summed E-state index contributed by atoms with van der Waals surface area (Å²) >= 11 is 0. The third-order valence-corrected chi connectivity index (χ3v) is 3.14. The fraction of sp³-hybridized carbons (Fsp3) is 0.188. The normalized spacial score (nSPS) is 11.9. The fourth-order valence-corrected chi connectivity index (χ4v) is 2.02. The zero-order valence-electron chi connectivity index (χ0n) is 11.3.